The molecule has 1 aromatic heterocycles. The summed E-state index contributed by atoms with van der Waals surface area (Å²) in [6.45, 7) is 8.00. The molecule has 0 spiro atoms. The lowest BCUT2D eigenvalue weighted by molar-refractivity contribution is 1.30. The van der Waals surface area contributed by atoms with E-state index in [1.165, 1.54) is 4.70 Å². The second kappa shape index (κ2) is 9.04. The fraction of sp³-hybridized carbons (Fsp3) is 0.357. The van der Waals surface area contributed by atoms with E-state index in [0.29, 0.717) is 6.42 Å². The number of rotatable bonds is 1. The summed E-state index contributed by atoms with van der Waals surface area (Å²) < 4.78 is 1.19. The highest BCUT2D eigenvalue weighted by Gasteiger charge is 2.03. The van der Waals surface area contributed by atoms with Crippen molar-refractivity contribution in [1.82, 2.24) is 0 Å². The summed E-state index contributed by atoms with van der Waals surface area (Å²) in [7, 11) is 0. The van der Waals surface area contributed by atoms with Crippen molar-refractivity contribution in [2.75, 3.05) is 0 Å². The molecule has 2 aromatic rings. The summed E-state index contributed by atoms with van der Waals surface area (Å²) in [5, 5.41) is 12.4. The third-order valence-corrected chi connectivity index (χ3v) is 3.13. The van der Waals surface area contributed by atoms with Crippen LogP contribution in [0, 0.1) is 11.3 Å². The van der Waals surface area contributed by atoms with Gasteiger partial charge in [0.15, 0.2) is 0 Å². The van der Waals surface area contributed by atoms with Gasteiger partial charge in [-0.2, -0.15) is 5.26 Å². The van der Waals surface area contributed by atoms with Gasteiger partial charge in [-0.25, -0.2) is 0 Å². The molecule has 0 N–H and O–H groups in total. The van der Waals surface area contributed by atoms with Crippen LogP contribution in [0.1, 0.15) is 33.3 Å². The Hall–Kier alpha value is -1.04. The van der Waals surface area contributed by atoms with E-state index in [1.807, 2.05) is 51.3 Å². The molecular formula is C14H18ClNS. The Morgan fingerprint density at radius 2 is 1.88 bits per heavy atom. The molecule has 0 aliphatic carbocycles. The minimum atomic E-state index is 0.459. The van der Waals surface area contributed by atoms with Gasteiger partial charge in [-0.3, -0.25) is 0 Å². The first-order valence-corrected chi connectivity index (χ1v) is 7.09. The summed E-state index contributed by atoms with van der Waals surface area (Å²) in [6, 6.07) is 7.92. The molecule has 0 bridgehead atoms. The Bertz CT molecular complexity index is 482. The van der Waals surface area contributed by atoms with Gasteiger partial charge in [-0.1, -0.05) is 39.3 Å². The number of halogens is 1. The van der Waals surface area contributed by atoms with Crippen LogP contribution in [0.3, 0.4) is 0 Å². The molecule has 92 valence electrons. The number of nitrogens with zero attached hydrogens (tertiary/aromatic N) is 1. The van der Waals surface area contributed by atoms with Crippen molar-refractivity contribution in [1.29, 1.82) is 5.26 Å². The molecular weight excluding hydrogens is 250 g/mol. The molecule has 0 amide bonds. The predicted molar refractivity (Wildman–Crippen MR) is 78.8 cm³/mol. The van der Waals surface area contributed by atoms with E-state index in [1.54, 1.807) is 11.3 Å². The predicted octanol–water partition coefficient (Wildman–Crippen LogP) is 5.67. The Morgan fingerprint density at radius 3 is 2.47 bits per heavy atom. The molecule has 17 heavy (non-hydrogen) atoms. The molecule has 1 nitrogen and oxygen atoms in total. The molecule has 1 heterocycles. The SMILES string of the molecule is CC.CC.N#CCc1csc2ccc(Cl)cc12. The van der Waals surface area contributed by atoms with E-state index in [0.717, 1.165) is 16.0 Å². The van der Waals surface area contributed by atoms with Crippen LogP contribution < -0.4 is 0 Å². The van der Waals surface area contributed by atoms with Crippen LogP contribution >= 0.6 is 22.9 Å². The minimum Gasteiger partial charge on any atom is -0.198 e. The maximum Gasteiger partial charge on any atom is 0.0670 e. The minimum absolute atomic E-state index is 0.459. The fourth-order valence-electron chi connectivity index (χ4n) is 1.28. The van der Waals surface area contributed by atoms with E-state index in [9.17, 15) is 0 Å². The standard InChI is InChI=1S/C10H6ClNS.2C2H6/c11-8-1-2-10-9(5-8)7(3-4-12)6-13-10;2*1-2/h1-2,5-6H,3H2;2*1-2H3. The molecule has 0 saturated heterocycles. The average Bonchev–Trinajstić information content (AvgIpc) is 2.78. The first kappa shape index (κ1) is 16.0. The number of benzene rings is 1. The van der Waals surface area contributed by atoms with Crippen LogP contribution in [-0.2, 0) is 6.42 Å². The topological polar surface area (TPSA) is 23.8 Å². The molecule has 0 aliphatic rings. The maximum absolute atomic E-state index is 8.59. The normalized spacial score (nSPS) is 8.47. The molecule has 2 rings (SSSR count). The van der Waals surface area contributed by atoms with Gasteiger partial charge in [0.05, 0.1) is 12.5 Å². The van der Waals surface area contributed by atoms with Gasteiger partial charge in [0.1, 0.15) is 0 Å². The number of hydrogen-bond donors (Lipinski definition) is 0. The van der Waals surface area contributed by atoms with Gasteiger partial charge >= 0.3 is 0 Å². The molecule has 1 aromatic carbocycles. The van der Waals surface area contributed by atoms with E-state index < -0.39 is 0 Å². The fourth-order valence-corrected chi connectivity index (χ4v) is 2.39. The van der Waals surface area contributed by atoms with Crippen LogP contribution in [0.25, 0.3) is 10.1 Å². The van der Waals surface area contributed by atoms with E-state index in [2.05, 4.69) is 6.07 Å². The molecule has 0 fully saturated rings. The van der Waals surface area contributed by atoms with Gasteiger partial charge in [0, 0.05) is 9.72 Å². The number of nitriles is 1. The summed E-state index contributed by atoms with van der Waals surface area (Å²) in [6.07, 6.45) is 0.459. The van der Waals surface area contributed by atoms with Gasteiger partial charge in [-0.05, 0) is 34.5 Å². The smallest absolute Gasteiger partial charge is 0.0670 e. The number of thiophene rings is 1. The van der Waals surface area contributed by atoms with Crippen molar-refractivity contribution in [3.63, 3.8) is 0 Å². The van der Waals surface area contributed by atoms with Crippen LogP contribution in [0.15, 0.2) is 23.6 Å². The lowest BCUT2D eigenvalue weighted by Gasteiger charge is -1.93. The quantitative estimate of drug-likeness (QED) is 0.653. The Labute approximate surface area is 113 Å². The summed E-state index contributed by atoms with van der Waals surface area (Å²) in [4.78, 5) is 0. The number of hydrogen-bond acceptors (Lipinski definition) is 2. The van der Waals surface area contributed by atoms with Gasteiger partial charge in [0.2, 0.25) is 0 Å². The molecule has 0 saturated carbocycles. The monoisotopic (exact) mass is 267 g/mol. The van der Waals surface area contributed by atoms with Crippen molar-refractivity contribution >= 4 is 33.0 Å². The summed E-state index contributed by atoms with van der Waals surface area (Å²) in [5.74, 6) is 0. The third-order valence-electron chi connectivity index (χ3n) is 1.89. The Balaban J connectivity index is 0.000000581. The van der Waals surface area contributed by atoms with Crippen molar-refractivity contribution in [2.45, 2.75) is 34.1 Å². The highest BCUT2D eigenvalue weighted by Crippen LogP contribution is 2.28. The van der Waals surface area contributed by atoms with Gasteiger partial charge in [-0.15, -0.1) is 11.3 Å². The van der Waals surface area contributed by atoms with E-state index in [-0.39, 0.29) is 0 Å². The highest BCUT2D eigenvalue weighted by molar-refractivity contribution is 7.17. The highest BCUT2D eigenvalue weighted by atomic mass is 35.5. The lowest BCUT2D eigenvalue weighted by atomic mass is 10.1. The first-order chi connectivity index (χ1) is 8.31. The molecule has 0 aliphatic heterocycles. The lowest BCUT2D eigenvalue weighted by Crippen LogP contribution is -1.76. The van der Waals surface area contributed by atoms with Crippen molar-refractivity contribution in [3.8, 4) is 6.07 Å². The zero-order chi connectivity index (χ0) is 13.3. The van der Waals surface area contributed by atoms with E-state index >= 15 is 0 Å². The van der Waals surface area contributed by atoms with E-state index in [4.69, 9.17) is 16.9 Å². The zero-order valence-electron chi connectivity index (χ0n) is 10.7. The molecule has 3 heteroatoms. The Kier molecular flexibility index (Phi) is 8.49. The van der Waals surface area contributed by atoms with Crippen molar-refractivity contribution in [2.24, 2.45) is 0 Å². The van der Waals surface area contributed by atoms with Crippen molar-refractivity contribution in [3.05, 3.63) is 34.2 Å². The van der Waals surface area contributed by atoms with Crippen LogP contribution in [-0.4, -0.2) is 0 Å². The maximum atomic E-state index is 8.59. The second-order valence-corrected chi connectivity index (χ2v) is 4.08. The van der Waals surface area contributed by atoms with Crippen LogP contribution in [0.4, 0.5) is 0 Å². The summed E-state index contributed by atoms with van der Waals surface area (Å²) >= 11 is 7.52. The number of fused-ring (bicyclic) bond motifs is 1. The first-order valence-electron chi connectivity index (χ1n) is 5.84. The molecule has 0 atom stereocenters. The second-order valence-electron chi connectivity index (χ2n) is 2.74. The van der Waals surface area contributed by atoms with Crippen molar-refractivity contribution < 1.29 is 0 Å². The molecule has 0 radical (unpaired) electrons. The van der Waals surface area contributed by atoms with Crippen LogP contribution in [0.5, 0.6) is 0 Å². The molecule has 0 unspecified atom stereocenters. The van der Waals surface area contributed by atoms with Gasteiger partial charge in [0.25, 0.3) is 0 Å². The zero-order valence-corrected chi connectivity index (χ0v) is 12.3. The average molecular weight is 268 g/mol. The van der Waals surface area contributed by atoms with Gasteiger partial charge < -0.3 is 0 Å². The third kappa shape index (κ3) is 4.38. The largest absolute Gasteiger partial charge is 0.198 e. The van der Waals surface area contributed by atoms with Crippen LogP contribution in [0.2, 0.25) is 5.02 Å². The summed E-state index contributed by atoms with van der Waals surface area (Å²) in [5.41, 5.74) is 1.07. The Morgan fingerprint density at radius 1 is 1.24 bits per heavy atom.